The normalized spacial score (nSPS) is 15.2. The van der Waals surface area contributed by atoms with Crippen molar-refractivity contribution in [1.82, 2.24) is 4.31 Å². The number of aryl methyl sites for hydroxylation is 2. The van der Waals surface area contributed by atoms with Crippen LogP contribution in [0.15, 0.2) is 47.4 Å². The minimum Gasteiger partial charge on any atom is -0.326 e. The number of anilines is 1. The molecule has 0 unspecified atom stereocenters. The number of carbonyl (C=O) groups excluding carboxylic acids is 1. The zero-order valence-electron chi connectivity index (χ0n) is 15.2. The topological polar surface area (TPSA) is 66.5 Å². The number of hydrogen-bond acceptors (Lipinski definition) is 3. The second-order valence-electron chi connectivity index (χ2n) is 6.78. The maximum Gasteiger partial charge on any atom is 0.243 e. The van der Waals surface area contributed by atoms with Gasteiger partial charge >= 0.3 is 0 Å². The van der Waals surface area contributed by atoms with Gasteiger partial charge in [-0.15, -0.1) is 0 Å². The lowest BCUT2D eigenvalue weighted by atomic mass is 10.0. The fourth-order valence-corrected chi connectivity index (χ4v) is 4.68. The van der Waals surface area contributed by atoms with Gasteiger partial charge in [0, 0.05) is 18.8 Å². The molecule has 1 amide bonds. The van der Waals surface area contributed by atoms with Crippen molar-refractivity contribution in [2.75, 3.05) is 18.4 Å². The summed E-state index contributed by atoms with van der Waals surface area (Å²) < 4.78 is 26.8. The summed E-state index contributed by atoms with van der Waals surface area (Å²) >= 11 is 0. The molecule has 2 aromatic carbocycles. The zero-order valence-corrected chi connectivity index (χ0v) is 16.0. The lowest BCUT2D eigenvalue weighted by Crippen LogP contribution is -2.28. The Balaban J connectivity index is 1.72. The average Bonchev–Trinajstić information content (AvgIpc) is 3.14. The summed E-state index contributed by atoms with van der Waals surface area (Å²) in [6, 6.07) is 12.4. The molecule has 1 aliphatic rings. The van der Waals surface area contributed by atoms with Crippen LogP contribution in [0.5, 0.6) is 0 Å². The third-order valence-corrected chi connectivity index (χ3v) is 6.65. The highest BCUT2D eigenvalue weighted by Crippen LogP contribution is 2.23. The van der Waals surface area contributed by atoms with Crippen LogP contribution < -0.4 is 5.32 Å². The molecule has 138 valence electrons. The van der Waals surface area contributed by atoms with Gasteiger partial charge in [-0.25, -0.2) is 8.42 Å². The number of benzene rings is 2. The van der Waals surface area contributed by atoms with Crippen molar-refractivity contribution < 1.29 is 13.2 Å². The van der Waals surface area contributed by atoms with Crippen molar-refractivity contribution in [1.29, 1.82) is 0 Å². The van der Waals surface area contributed by atoms with E-state index in [0.717, 1.165) is 24.0 Å². The molecule has 6 heteroatoms. The summed E-state index contributed by atoms with van der Waals surface area (Å²) in [6.45, 7) is 5.17. The molecule has 0 aromatic heterocycles. The third-order valence-electron chi connectivity index (χ3n) is 4.76. The van der Waals surface area contributed by atoms with E-state index in [1.807, 2.05) is 32.0 Å². The molecule has 0 radical (unpaired) electrons. The molecule has 3 rings (SSSR count). The predicted octanol–water partition coefficient (Wildman–Crippen LogP) is 3.27. The van der Waals surface area contributed by atoms with Gasteiger partial charge in [-0.3, -0.25) is 4.79 Å². The van der Waals surface area contributed by atoms with Gasteiger partial charge in [0.15, 0.2) is 0 Å². The molecular formula is C20H24N2O3S. The maximum atomic E-state index is 12.6. The predicted molar refractivity (Wildman–Crippen MR) is 103 cm³/mol. The first-order valence-electron chi connectivity index (χ1n) is 8.82. The summed E-state index contributed by atoms with van der Waals surface area (Å²) in [5.74, 6) is -0.163. The van der Waals surface area contributed by atoms with Crippen LogP contribution in [0.2, 0.25) is 0 Å². The second-order valence-corrected chi connectivity index (χ2v) is 8.72. The highest BCUT2D eigenvalue weighted by Gasteiger charge is 2.27. The fourth-order valence-electron chi connectivity index (χ4n) is 3.12. The molecule has 1 fully saturated rings. The molecule has 1 heterocycles. The van der Waals surface area contributed by atoms with Crippen LogP contribution in [0.1, 0.15) is 29.5 Å². The van der Waals surface area contributed by atoms with Gasteiger partial charge in [-0.1, -0.05) is 24.3 Å². The highest BCUT2D eigenvalue weighted by atomic mass is 32.2. The monoisotopic (exact) mass is 372 g/mol. The minimum atomic E-state index is -3.48. The molecule has 0 saturated carbocycles. The van der Waals surface area contributed by atoms with Crippen molar-refractivity contribution >= 4 is 21.6 Å². The van der Waals surface area contributed by atoms with E-state index in [1.54, 1.807) is 18.2 Å². The van der Waals surface area contributed by atoms with Crippen molar-refractivity contribution in [3.63, 3.8) is 0 Å². The van der Waals surface area contributed by atoms with Gasteiger partial charge < -0.3 is 5.32 Å². The average molecular weight is 372 g/mol. The van der Waals surface area contributed by atoms with E-state index < -0.39 is 10.0 Å². The van der Waals surface area contributed by atoms with Crippen molar-refractivity contribution in [3.05, 3.63) is 59.2 Å². The van der Waals surface area contributed by atoms with Crippen LogP contribution in [0, 0.1) is 13.8 Å². The van der Waals surface area contributed by atoms with E-state index >= 15 is 0 Å². The molecule has 26 heavy (non-hydrogen) atoms. The van der Waals surface area contributed by atoms with E-state index in [0.29, 0.717) is 18.8 Å². The Labute approximate surface area is 155 Å². The first-order valence-corrected chi connectivity index (χ1v) is 10.3. The standard InChI is InChI=1S/C20H24N2O3S/c1-15-8-9-17(12-16(15)2)13-20(23)21-18-6-5-7-19(14-18)26(24,25)22-10-3-4-11-22/h5-9,12,14H,3-4,10-11,13H2,1-2H3,(H,21,23). The Hall–Kier alpha value is -2.18. The highest BCUT2D eigenvalue weighted by molar-refractivity contribution is 7.89. The molecular weight excluding hydrogens is 348 g/mol. The summed E-state index contributed by atoms with van der Waals surface area (Å²) in [5.41, 5.74) is 3.77. The summed E-state index contributed by atoms with van der Waals surface area (Å²) in [4.78, 5) is 12.5. The SMILES string of the molecule is Cc1ccc(CC(=O)Nc2cccc(S(=O)(=O)N3CCCC3)c2)cc1C. The Bertz CT molecular complexity index is 916. The van der Waals surface area contributed by atoms with E-state index in [1.165, 1.54) is 15.9 Å². The molecule has 1 N–H and O–H groups in total. The van der Waals surface area contributed by atoms with Gasteiger partial charge in [0.1, 0.15) is 0 Å². The largest absolute Gasteiger partial charge is 0.326 e. The number of rotatable bonds is 5. The summed E-state index contributed by atoms with van der Waals surface area (Å²) in [7, 11) is -3.48. The number of amides is 1. The van der Waals surface area contributed by atoms with Gasteiger partial charge in [0.05, 0.1) is 11.3 Å². The van der Waals surface area contributed by atoms with Crippen LogP contribution >= 0.6 is 0 Å². The smallest absolute Gasteiger partial charge is 0.243 e. The lowest BCUT2D eigenvalue weighted by Gasteiger charge is -2.16. The molecule has 1 saturated heterocycles. The molecule has 2 aromatic rings. The second kappa shape index (κ2) is 7.60. The molecule has 0 bridgehead atoms. The molecule has 0 atom stereocenters. The molecule has 1 aliphatic heterocycles. The van der Waals surface area contributed by atoms with Gasteiger partial charge in [-0.2, -0.15) is 4.31 Å². The first-order chi connectivity index (χ1) is 12.4. The number of carbonyl (C=O) groups is 1. The Kier molecular flexibility index (Phi) is 5.44. The summed E-state index contributed by atoms with van der Waals surface area (Å²) in [5, 5.41) is 2.81. The Morgan fingerprint density at radius 2 is 1.77 bits per heavy atom. The zero-order chi connectivity index (χ0) is 18.7. The summed E-state index contributed by atoms with van der Waals surface area (Å²) in [6.07, 6.45) is 2.04. The van der Waals surface area contributed by atoms with Gasteiger partial charge in [0.2, 0.25) is 15.9 Å². The lowest BCUT2D eigenvalue weighted by molar-refractivity contribution is -0.115. The quantitative estimate of drug-likeness (QED) is 0.876. The van der Waals surface area contributed by atoms with Crippen molar-refractivity contribution in [3.8, 4) is 0 Å². The molecule has 5 nitrogen and oxygen atoms in total. The molecule has 0 aliphatic carbocycles. The first kappa shape index (κ1) is 18.6. The van der Waals surface area contributed by atoms with Crippen LogP contribution in [0.4, 0.5) is 5.69 Å². The van der Waals surface area contributed by atoms with Crippen LogP contribution in [-0.4, -0.2) is 31.7 Å². The van der Waals surface area contributed by atoms with Crippen LogP contribution in [0.25, 0.3) is 0 Å². The van der Waals surface area contributed by atoms with E-state index in [2.05, 4.69) is 5.32 Å². The number of nitrogens with zero attached hydrogens (tertiary/aromatic N) is 1. The number of sulfonamides is 1. The van der Waals surface area contributed by atoms with Gasteiger partial charge in [0.25, 0.3) is 0 Å². The Morgan fingerprint density at radius 3 is 2.46 bits per heavy atom. The van der Waals surface area contributed by atoms with E-state index in [4.69, 9.17) is 0 Å². The van der Waals surface area contributed by atoms with Gasteiger partial charge in [-0.05, 0) is 61.6 Å². The van der Waals surface area contributed by atoms with Crippen LogP contribution in [0.3, 0.4) is 0 Å². The van der Waals surface area contributed by atoms with Crippen molar-refractivity contribution in [2.45, 2.75) is 38.0 Å². The third kappa shape index (κ3) is 4.14. The number of hydrogen-bond donors (Lipinski definition) is 1. The number of nitrogens with one attached hydrogen (secondary N) is 1. The molecule has 0 spiro atoms. The minimum absolute atomic E-state index is 0.163. The van der Waals surface area contributed by atoms with E-state index in [9.17, 15) is 13.2 Å². The van der Waals surface area contributed by atoms with Crippen LogP contribution in [-0.2, 0) is 21.2 Å². The van der Waals surface area contributed by atoms with Crippen molar-refractivity contribution in [2.24, 2.45) is 0 Å². The maximum absolute atomic E-state index is 12.6. The van der Waals surface area contributed by atoms with E-state index in [-0.39, 0.29) is 17.2 Å². The fraction of sp³-hybridized carbons (Fsp3) is 0.350. The Morgan fingerprint density at radius 1 is 1.04 bits per heavy atom.